The van der Waals surface area contributed by atoms with E-state index in [9.17, 15) is 9.90 Å². The molecule has 0 fully saturated rings. The number of aliphatic hydroxyl groups is 1. The molecule has 2 heterocycles. The average Bonchev–Trinajstić information content (AvgIpc) is 2.60. The summed E-state index contributed by atoms with van der Waals surface area (Å²) < 4.78 is 0. The Kier molecular flexibility index (Phi) is 6.22. The Morgan fingerprint density at radius 3 is 3.00 bits per heavy atom. The van der Waals surface area contributed by atoms with Crippen LogP contribution in [0, 0.1) is 6.92 Å². The number of nitrogens with one attached hydrogen (secondary N) is 1. The van der Waals surface area contributed by atoms with Gasteiger partial charge in [0.25, 0.3) is 5.56 Å². The average molecular weight is 355 g/mol. The van der Waals surface area contributed by atoms with Crippen LogP contribution in [0.5, 0.6) is 0 Å². The summed E-state index contributed by atoms with van der Waals surface area (Å²) >= 11 is 0. The molecule has 5 nitrogen and oxygen atoms in total. The molecule has 1 aromatic heterocycles. The molecule has 0 saturated heterocycles. The summed E-state index contributed by atoms with van der Waals surface area (Å²) in [6, 6.07) is 8.28. The van der Waals surface area contributed by atoms with E-state index in [1.807, 2.05) is 6.07 Å². The zero-order valence-electron chi connectivity index (χ0n) is 15.8. The molecule has 0 saturated carbocycles. The zero-order valence-corrected chi connectivity index (χ0v) is 15.8. The van der Waals surface area contributed by atoms with Crippen LogP contribution in [-0.2, 0) is 19.4 Å². The van der Waals surface area contributed by atoms with Crippen molar-refractivity contribution in [2.75, 3.05) is 13.1 Å². The number of fused-ring (bicyclic) bond motifs is 1. The van der Waals surface area contributed by atoms with E-state index in [1.54, 1.807) is 0 Å². The second-order valence-corrected chi connectivity index (χ2v) is 7.38. The number of β-amino-alcohol motifs (C(OH)–C–C–N with tert-alkyl or cyclic N) is 1. The predicted octanol–water partition coefficient (Wildman–Crippen LogP) is 2.58. The largest absolute Gasteiger partial charge is 0.392 e. The Morgan fingerprint density at radius 2 is 2.23 bits per heavy atom. The number of H-pyrrole nitrogens is 1. The number of aromatic amines is 1. The van der Waals surface area contributed by atoms with E-state index >= 15 is 0 Å². The molecule has 0 spiro atoms. The van der Waals surface area contributed by atoms with Gasteiger partial charge in [0.15, 0.2) is 0 Å². The minimum absolute atomic E-state index is 0.0367. The number of rotatable bonds is 7. The lowest BCUT2D eigenvalue weighted by Crippen LogP contribution is -2.40. The van der Waals surface area contributed by atoms with Gasteiger partial charge in [-0.2, -0.15) is 0 Å². The molecule has 1 aromatic carbocycles. The SMILES string of the molecule is CCCCC(O)CN1CCc2nc(Cc3cccc(C)c3)[nH]c(=O)c2C1. The molecule has 140 valence electrons. The van der Waals surface area contributed by atoms with Crippen LogP contribution >= 0.6 is 0 Å². The van der Waals surface area contributed by atoms with Crippen LogP contribution in [0.2, 0.25) is 0 Å². The molecule has 5 heteroatoms. The number of aryl methyl sites for hydroxylation is 1. The van der Waals surface area contributed by atoms with Crippen molar-refractivity contribution in [1.82, 2.24) is 14.9 Å². The third kappa shape index (κ3) is 4.80. The number of benzene rings is 1. The van der Waals surface area contributed by atoms with E-state index in [1.165, 1.54) is 5.56 Å². The molecule has 0 aliphatic carbocycles. The molecule has 0 radical (unpaired) electrons. The monoisotopic (exact) mass is 355 g/mol. The van der Waals surface area contributed by atoms with E-state index < -0.39 is 0 Å². The Bertz CT molecular complexity index is 800. The van der Waals surface area contributed by atoms with Crippen molar-refractivity contribution < 1.29 is 5.11 Å². The van der Waals surface area contributed by atoms with Gasteiger partial charge < -0.3 is 10.1 Å². The maximum Gasteiger partial charge on any atom is 0.255 e. The Hall–Kier alpha value is -1.98. The minimum Gasteiger partial charge on any atom is -0.392 e. The van der Waals surface area contributed by atoms with Crippen molar-refractivity contribution in [3.63, 3.8) is 0 Å². The van der Waals surface area contributed by atoms with Crippen LogP contribution in [0.15, 0.2) is 29.1 Å². The molecular weight excluding hydrogens is 326 g/mol. The van der Waals surface area contributed by atoms with E-state index in [-0.39, 0.29) is 11.7 Å². The molecule has 0 bridgehead atoms. The first-order valence-electron chi connectivity index (χ1n) is 9.62. The zero-order chi connectivity index (χ0) is 18.5. The van der Waals surface area contributed by atoms with Crippen LogP contribution < -0.4 is 5.56 Å². The van der Waals surface area contributed by atoms with Crippen LogP contribution in [0.3, 0.4) is 0 Å². The summed E-state index contributed by atoms with van der Waals surface area (Å²) in [5.74, 6) is 0.732. The van der Waals surface area contributed by atoms with Crippen molar-refractivity contribution in [1.29, 1.82) is 0 Å². The fraction of sp³-hybridized carbons (Fsp3) is 0.524. The maximum absolute atomic E-state index is 12.6. The molecule has 26 heavy (non-hydrogen) atoms. The number of hydrogen-bond donors (Lipinski definition) is 2. The van der Waals surface area contributed by atoms with E-state index in [4.69, 9.17) is 4.98 Å². The second-order valence-electron chi connectivity index (χ2n) is 7.38. The molecule has 1 unspecified atom stereocenters. The normalized spacial score (nSPS) is 15.7. The molecule has 2 aromatic rings. The van der Waals surface area contributed by atoms with Gasteiger partial charge in [-0.15, -0.1) is 0 Å². The highest BCUT2D eigenvalue weighted by atomic mass is 16.3. The molecule has 1 atom stereocenters. The molecule has 2 N–H and O–H groups in total. The summed E-state index contributed by atoms with van der Waals surface area (Å²) in [5.41, 5.74) is 4.00. The summed E-state index contributed by atoms with van der Waals surface area (Å²) in [4.78, 5) is 22.4. The molecule has 3 rings (SSSR count). The summed E-state index contributed by atoms with van der Waals surface area (Å²) in [5, 5.41) is 10.1. The molecule has 1 aliphatic heterocycles. The topological polar surface area (TPSA) is 69.2 Å². The molecular formula is C21H29N3O2. The van der Waals surface area contributed by atoms with Crippen LogP contribution in [0.4, 0.5) is 0 Å². The van der Waals surface area contributed by atoms with Crippen LogP contribution in [0.1, 0.15) is 54.4 Å². The maximum atomic E-state index is 12.6. The first kappa shape index (κ1) is 18.8. The lowest BCUT2D eigenvalue weighted by Gasteiger charge is -2.29. The lowest BCUT2D eigenvalue weighted by atomic mass is 10.0. The van der Waals surface area contributed by atoms with E-state index in [2.05, 4.69) is 41.9 Å². The standard InChI is InChI=1S/C21H29N3O2/c1-3-4-8-17(25)13-24-10-9-19-18(14-24)21(26)23-20(22-19)12-16-7-5-6-15(2)11-16/h5-7,11,17,25H,3-4,8-10,12-14H2,1-2H3,(H,22,23,26). The van der Waals surface area contributed by atoms with Gasteiger partial charge in [0.05, 0.1) is 17.4 Å². The van der Waals surface area contributed by atoms with Crippen molar-refractivity contribution in [3.8, 4) is 0 Å². The highest BCUT2D eigenvalue weighted by Crippen LogP contribution is 2.16. The summed E-state index contributed by atoms with van der Waals surface area (Å²) in [6.07, 6.45) is 4.04. The summed E-state index contributed by atoms with van der Waals surface area (Å²) in [6.45, 7) is 6.24. The quantitative estimate of drug-likeness (QED) is 0.801. The Labute approximate surface area is 155 Å². The van der Waals surface area contributed by atoms with Crippen molar-refractivity contribution in [2.24, 2.45) is 0 Å². The van der Waals surface area contributed by atoms with Gasteiger partial charge in [-0.3, -0.25) is 9.69 Å². The van der Waals surface area contributed by atoms with Gasteiger partial charge in [-0.1, -0.05) is 49.6 Å². The van der Waals surface area contributed by atoms with Crippen molar-refractivity contribution in [2.45, 2.75) is 58.6 Å². The molecule has 1 aliphatic rings. The number of nitrogens with zero attached hydrogens (tertiary/aromatic N) is 2. The third-order valence-corrected chi connectivity index (χ3v) is 5.01. The van der Waals surface area contributed by atoms with Gasteiger partial charge >= 0.3 is 0 Å². The fourth-order valence-electron chi connectivity index (χ4n) is 3.62. The number of aliphatic hydroxyl groups excluding tert-OH is 1. The highest BCUT2D eigenvalue weighted by molar-refractivity contribution is 5.27. The first-order chi connectivity index (χ1) is 12.5. The lowest BCUT2D eigenvalue weighted by molar-refractivity contribution is 0.0960. The predicted molar refractivity (Wildman–Crippen MR) is 103 cm³/mol. The Morgan fingerprint density at radius 1 is 1.38 bits per heavy atom. The highest BCUT2D eigenvalue weighted by Gasteiger charge is 2.22. The first-order valence-corrected chi connectivity index (χ1v) is 9.62. The van der Waals surface area contributed by atoms with Gasteiger partial charge in [-0.05, 0) is 18.9 Å². The third-order valence-electron chi connectivity index (χ3n) is 5.01. The van der Waals surface area contributed by atoms with Gasteiger partial charge in [0.1, 0.15) is 5.82 Å². The number of hydrogen-bond acceptors (Lipinski definition) is 4. The van der Waals surface area contributed by atoms with Crippen LogP contribution in [-0.4, -0.2) is 39.2 Å². The Balaban J connectivity index is 1.69. The fourth-order valence-corrected chi connectivity index (χ4v) is 3.62. The summed E-state index contributed by atoms with van der Waals surface area (Å²) in [7, 11) is 0. The second kappa shape index (κ2) is 8.60. The van der Waals surface area contributed by atoms with Crippen molar-refractivity contribution >= 4 is 0 Å². The van der Waals surface area contributed by atoms with Crippen molar-refractivity contribution in [3.05, 3.63) is 62.8 Å². The van der Waals surface area contributed by atoms with Gasteiger partial charge in [0, 0.05) is 32.5 Å². The minimum atomic E-state index is -0.316. The van der Waals surface area contributed by atoms with Gasteiger partial charge in [0.2, 0.25) is 0 Å². The van der Waals surface area contributed by atoms with Gasteiger partial charge in [-0.25, -0.2) is 4.98 Å². The number of aromatic nitrogens is 2. The van der Waals surface area contributed by atoms with E-state index in [0.29, 0.717) is 19.5 Å². The molecule has 0 amide bonds. The van der Waals surface area contributed by atoms with E-state index in [0.717, 1.165) is 54.9 Å². The number of unbranched alkanes of at least 4 members (excludes halogenated alkanes) is 1. The van der Waals surface area contributed by atoms with Crippen LogP contribution in [0.25, 0.3) is 0 Å². The smallest absolute Gasteiger partial charge is 0.255 e.